The smallest absolute Gasteiger partial charge is 0.220 e. The van der Waals surface area contributed by atoms with Gasteiger partial charge in [-0.25, -0.2) is 8.78 Å². The highest BCUT2D eigenvalue weighted by molar-refractivity contribution is 5.77. The van der Waals surface area contributed by atoms with Crippen LogP contribution in [0.15, 0.2) is 42.5 Å². The Morgan fingerprint density at radius 1 is 0.973 bits per heavy atom. The molecule has 2 atom stereocenters. The molecular weight excluding hydrogens is 470 g/mol. The molecule has 4 aliphatic rings. The molecule has 0 aliphatic heterocycles. The highest BCUT2D eigenvalue weighted by Gasteiger charge is 2.51. The molecule has 2 aromatic rings. The van der Waals surface area contributed by atoms with Gasteiger partial charge in [0.25, 0.3) is 0 Å². The highest BCUT2D eigenvalue weighted by atomic mass is 19.1. The quantitative estimate of drug-likeness (QED) is 0.384. The Bertz CT molecular complexity index is 1050. The van der Waals surface area contributed by atoms with Crippen LogP contribution in [0.5, 0.6) is 0 Å². The molecule has 200 valence electrons. The van der Waals surface area contributed by atoms with E-state index in [-0.39, 0.29) is 24.3 Å². The van der Waals surface area contributed by atoms with Gasteiger partial charge in [-0.1, -0.05) is 31.2 Å². The fourth-order valence-corrected chi connectivity index (χ4v) is 7.84. The van der Waals surface area contributed by atoms with Crippen LogP contribution in [0.2, 0.25) is 0 Å². The summed E-state index contributed by atoms with van der Waals surface area (Å²) in [5.41, 5.74) is 2.89. The molecule has 4 aliphatic carbocycles. The van der Waals surface area contributed by atoms with Crippen molar-refractivity contribution in [3.05, 3.63) is 70.8 Å². The molecule has 2 aromatic carbocycles. The number of hydrogen-bond donors (Lipinski definition) is 3. The maximum Gasteiger partial charge on any atom is 0.220 e. The summed E-state index contributed by atoms with van der Waals surface area (Å²) in [6.45, 7) is 2.96. The van der Waals surface area contributed by atoms with Gasteiger partial charge in [-0.3, -0.25) is 4.79 Å². The average Bonchev–Trinajstić information content (AvgIpc) is 2.82. The molecule has 4 nitrogen and oxygen atoms in total. The lowest BCUT2D eigenvalue weighted by molar-refractivity contribution is -0.130. The van der Waals surface area contributed by atoms with Crippen LogP contribution >= 0.6 is 0 Å². The van der Waals surface area contributed by atoms with Crippen molar-refractivity contribution in [2.75, 3.05) is 6.54 Å². The molecule has 4 bridgehead atoms. The molecule has 1 amide bonds. The number of aliphatic hydroxyl groups is 1. The Balaban J connectivity index is 1.24. The van der Waals surface area contributed by atoms with Crippen molar-refractivity contribution >= 4 is 5.91 Å². The summed E-state index contributed by atoms with van der Waals surface area (Å²) < 4.78 is 27.8. The van der Waals surface area contributed by atoms with E-state index in [1.54, 1.807) is 0 Å². The molecule has 6 rings (SSSR count). The number of amides is 1. The van der Waals surface area contributed by atoms with Crippen molar-refractivity contribution in [2.45, 2.75) is 83.4 Å². The third-order valence-corrected chi connectivity index (χ3v) is 8.97. The van der Waals surface area contributed by atoms with Crippen molar-refractivity contribution < 1.29 is 18.7 Å². The molecule has 0 radical (unpaired) electrons. The summed E-state index contributed by atoms with van der Waals surface area (Å²) in [5.74, 6) is 0.899. The summed E-state index contributed by atoms with van der Waals surface area (Å²) >= 11 is 0. The fraction of sp³-hybridized carbons (Fsp3) is 0.581. The van der Waals surface area contributed by atoms with Gasteiger partial charge in [0, 0.05) is 25.6 Å². The summed E-state index contributed by atoms with van der Waals surface area (Å²) in [6, 6.07) is 11.0. The SMILES string of the molecule is CCc1cccc(CNC[C@@H](O)[C@H](Cc2cc(F)cc(F)c2)NC(=O)CC23CC4CC(CC(C4)C2)C3)c1. The zero-order valence-electron chi connectivity index (χ0n) is 21.8. The van der Waals surface area contributed by atoms with Crippen LogP contribution < -0.4 is 10.6 Å². The van der Waals surface area contributed by atoms with Gasteiger partial charge in [-0.05, 0) is 103 Å². The predicted molar refractivity (Wildman–Crippen MR) is 141 cm³/mol. The maximum absolute atomic E-state index is 13.9. The molecule has 4 fully saturated rings. The third-order valence-electron chi connectivity index (χ3n) is 8.97. The van der Waals surface area contributed by atoms with Crippen LogP contribution in [0.25, 0.3) is 0 Å². The summed E-state index contributed by atoms with van der Waals surface area (Å²) in [7, 11) is 0. The first-order valence-corrected chi connectivity index (χ1v) is 14.0. The van der Waals surface area contributed by atoms with E-state index in [2.05, 4.69) is 29.7 Å². The topological polar surface area (TPSA) is 61.4 Å². The summed E-state index contributed by atoms with van der Waals surface area (Å²) in [4.78, 5) is 13.3. The first-order valence-electron chi connectivity index (χ1n) is 14.0. The summed E-state index contributed by atoms with van der Waals surface area (Å²) in [5, 5.41) is 17.5. The molecule has 0 heterocycles. The van der Waals surface area contributed by atoms with E-state index in [0.717, 1.165) is 55.1 Å². The number of rotatable bonds is 11. The van der Waals surface area contributed by atoms with Gasteiger partial charge in [0.1, 0.15) is 11.6 Å². The maximum atomic E-state index is 13.9. The second kappa shape index (κ2) is 11.2. The zero-order chi connectivity index (χ0) is 26.0. The molecule has 4 saturated carbocycles. The molecule has 0 aromatic heterocycles. The van der Waals surface area contributed by atoms with Crippen molar-refractivity contribution in [1.29, 1.82) is 0 Å². The van der Waals surface area contributed by atoms with Crippen LogP contribution in [0.3, 0.4) is 0 Å². The Labute approximate surface area is 219 Å². The Hall–Kier alpha value is -2.31. The minimum atomic E-state index is -0.902. The second-order valence-electron chi connectivity index (χ2n) is 12.1. The van der Waals surface area contributed by atoms with Crippen molar-refractivity contribution in [1.82, 2.24) is 10.6 Å². The van der Waals surface area contributed by atoms with Crippen LogP contribution in [-0.2, 0) is 24.2 Å². The largest absolute Gasteiger partial charge is 0.390 e. The number of carbonyl (C=O) groups is 1. The first kappa shape index (κ1) is 26.3. The Kier molecular flexibility index (Phi) is 7.96. The lowest BCUT2D eigenvalue weighted by atomic mass is 9.49. The Morgan fingerprint density at radius 2 is 1.59 bits per heavy atom. The molecule has 0 saturated heterocycles. The monoisotopic (exact) mass is 510 g/mol. The number of halogens is 2. The van der Waals surface area contributed by atoms with E-state index >= 15 is 0 Å². The van der Waals surface area contributed by atoms with Crippen LogP contribution in [0, 0.1) is 34.8 Å². The van der Waals surface area contributed by atoms with Crippen molar-refractivity contribution in [2.24, 2.45) is 23.2 Å². The van der Waals surface area contributed by atoms with Crippen molar-refractivity contribution in [3.63, 3.8) is 0 Å². The number of aliphatic hydroxyl groups excluding tert-OH is 1. The minimum Gasteiger partial charge on any atom is -0.390 e. The lowest BCUT2D eigenvalue weighted by Gasteiger charge is -2.56. The van der Waals surface area contributed by atoms with E-state index < -0.39 is 23.8 Å². The normalized spacial score (nSPS) is 27.7. The molecular formula is C31H40F2N2O2. The van der Waals surface area contributed by atoms with E-state index in [1.165, 1.54) is 37.0 Å². The van der Waals surface area contributed by atoms with Crippen LogP contribution in [0.4, 0.5) is 8.78 Å². The molecule has 6 heteroatoms. The lowest BCUT2D eigenvalue weighted by Crippen LogP contribution is -2.52. The van der Waals surface area contributed by atoms with Gasteiger partial charge in [-0.15, -0.1) is 0 Å². The molecule has 37 heavy (non-hydrogen) atoms. The van der Waals surface area contributed by atoms with Gasteiger partial charge >= 0.3 is 0 Å². The minimum absolute atomic E-state index is 0.0569. The van der Waals surface area contributed by atoms with Crippen LogP contribution in [-0.4, -0.2) is 29.7 Å². The number of nitrogens with one attached hydrogen (secondary N) is 2. The fourth-order valence-electron chi connectivity index (χ4n) is 7.84. The first-order chi connectivity index (χ1) is 17.8. The standard InChI is InChI=1S/C31H40F2N2O2/c1-2-20-4-3-5-21(6-20)18-34-19-29(36)28(12-22-10-26(32)13-27(33)11-22)35-30(37)17-31-14-23-7-24(15-31)9-25(8-23)16-31/h3-6,10-11,13,23-25,28-29,34,36H,2,7-9,12,14-19H2,1H3,(H,35,37)/t23?,24?,25?,28-,29+,31?/m0/s1. The van der Waals surface area contributed by atoms with Gasteiger partial charge in [0.15, 0.2) is 0 Å². The number of carbonyl (C=O) groups excluding carboxylic acids is 1. The predicted octanol–water partition coefficient (Wildman–Crippen LogP) is 5.31. The molecule has 3 N–H and O–H groups in total. The van der Waals surface area contributed by atoms with Crippen molar-refractivity contribution in [3.8, 4) is 0 Å². The molecule has 0 unspecified atom stereocenters. The second-order valence-corrected chi connectivity index (χ2v) is 12.1. The third kappa shape index (κ3) is 6.58. The zero-order valence-corrected chi connectivity index (χ0v) is 21.8. The number of hydrogen-bond acceptors (Lipinski definition) is 3. The van der Waals surface area contributed by atoms with Gasteiger partial charge < -0.3 is 15.7 Å². The van der Waals surface area contributed by atoms with E-state index in [0.29, 0.717) is 18.5 Å². The number of aryl methyl sites for hydroxylation is 1. The van der Waals surface area contributed by atoms with Gasteiger partial charge in [0.05, 0.1) is 12.1 Å². The number of benzene rings is 2. The molecule has 0 spiro atoms. The van der Waals surface area contributed by atoms with E-state index in [1.807, 2.05) is 12.1 Å². The highest BCUT2D eigenvalue weighted by Crippen LogP contribution is 2.61. The summed E-state index contributed by atoms with van der Waals surface area (Å²) in [6.07, 6.45) is 8.05. The van der Waals surface area contributed by atoms with Crippen LogP contribution in [0.1, 0.15) is 68.6 Å². The van der Waals surface area contributed by atoms with E-state index in [9.17, 15) is 18.7 Å². The van der Waals surface area contributed by atoms with Gasteiger partial charge in [0.2, 0.25) is 5.91 Å². The average molecular weight is 511 g/mol. The Morgan fingerprint density at radius 3 is 2.22 bits per heavy atom. The van der Waals surface area contributed by atoms with Gasteiger partial charge in [-0.2, -0.15) is 0 Å². The van der Waals surface area contributed by atoms with E-state index in [4.69, 9.17) is 0 Å².